The molecule has 30 heavy (non-hydrogen) atoms. The molecule has 0 radical (unpaired) electrons. The number of nitrogens with zero attached hydrogens (tertiary/aromatic N) is 3. The molecule has 1 aromatic heterocycles. The summed E-state index contributed by atoms with van der Waals surface area (Å²) in [6, 6.07) is 9.72. The van der Waals surface area contributed by atoms with Gasteiger partial charge in [0.25, 0.3) is 0 Å². The van der Waals surface area contributed by atoms with E-state index >= 15 is 0 Å². The van der Waals surface area contributed by atoms with Gasteiger partial charge in [-0.2, -0.15) is 0 Å². The Morgan fingerprint density at radius 1 is 1.30 bits per heavy atom. The molecular weight excluding hydrogens is 402 g/mol. The van der Waals surface area contributed by atoms with Crippen molar-refractivity contribution in [1.82, 2.24) is 14.5 Å². The van der Waals surface area contributed by atoms with Crippen LogP contribution in [-0.4, -0.2) is 61.5 Å². The van der Waals surface area contributed by atoms with Gasteiger partial charge in [0.15, 0.2) is 0 Å². The first-order chi connectivity index (χ1) is 14.3. The van der Waals surface area contributed by atoms with Crippen molar-refractivity contribution in [1.29, 1.82) is 0 Å². The Kier molecular flexibility index (Phi) is 7.91. The fraction of sp³-hybridized carbons (Fsp3) is 0.591. The van der Waals surface area contributed by atoms with E-state index in [9.17, 15) is 8.42 Å². The molecule has 1 atom stereocenters. The topological polar surface area (TPSA) is 73.7 Å². The maximum atomic E-state index is 13.0. The van der Waals surface area contributed by atoms with Gasteiger partial charge in [-0.1, -0.05) is 32.0 Å². The van der Waals surface area contributed by atoms with Crippen molar-refractivity contribution in [2.24, 2.45) is 5.92 Å². The predicted molar refractivity (Wildman–Crippen MR) is 116 cm³/mol. The number of imidazole rings is 1. The summed E-state index contributed by atoms with van der Waals surface area (Å²) in [5.41, 5.74) is 0.900. The molecule has 0 unspecified atom stereocenters. The van der Waals surface area contributed by atoms with Crippen LogP contribution in [0.2, 0.25) is 0 Å². The van der Waals surface area contributed by atoms with Crippen molar-refractivity contribution in [3.8, 4) is 5.75 Å². The normalized spacial score (nSPS) is 17.2. The van der Waals surface area contributed by atoms with Crippen LogP contribution in [0.5, 0.6) is 5.75 Å². The van der Waals surface area contributed by atoms with Crippen molar-refractivity contribution >= 4 is 9.84 Å². The SMILES string of the molecule is CC(C)Cn1c(CN(C)CCOc2ccccc2)cnc1S(=O)(=O)C[C@H]1CCCO1. The van der Waals surface area contributed by atoms with Gasteiger partial charge in [-0.3, -0.25) is 4.90 Å². The molecule has 1 aromatic carbocycles. The van der Waals surface area contributed by atoms with Gasteiger partial charge in [0.1, 0.15) is 12.4 Å². The minimum atomic E-state index is -3.50. The van der Waals surface area contributed by atoms with Gasteiger partial charge < -0.3 is 14.0 Å². The molecule has 1 aliphatic heterocycles. The molecule has 1 fully saturated rings. The molecule has 2 aromatic rings. The summed E-state index contributed by atoms with van der Waals surface area (Å²) < 4.78 is 39.2. The second-order valence-corrected chi connectivity index (χ2v) is 10.3. The van der Waals surface area contributed by atoms with Crippen LogP contribution in [0, 0.1) is 5.92 Å². The van der Waals surface area contributed by atoms with Crippen LogP contribution in [0.1, 0.15) is 32.4 Å². The molecule has 166 valence electrons. The molecule has 8 heteroatoms. The summed E-state index contributed by atoms with van der Waals surface area (Å²) >= 11 is 0. The quantitative estimate of drug-likeness (QED) is 0.540. The number of likely N-dealkylation sites (N-methyl/N-ethyl adjacent to an activating group) is 1. The van der Waals surface area contributed by atoms with Crippen molar-refractivity contribution in [2.75, 3.05) is 32.6 Å². The number of para-hydroxylation sites is 1. The highest BCUT2D eigenvalue weighted by molar-refractivity contribution is 7.91. The average Bonchev–Trinajstić information content (AvgIpc) is 3.32. The van der Waals surface area contributed by atoms with E-state index in [2.05, 4.69) is 23.7 Å². The number of ether oxygens (including phenoxy) is 2. The van der Waals surface area contributed by atoms with Crippen LogP contribution < -0.4 is 4.74 Å². The molecular formula is C22H33N3O4S. The standard InChI is InChI=1S/C22H33N3O4S/c1-18(2)15-25-19(16-24(3)11-13-29-20-8-5-4-6-9-20)14-23-22(25)30(26,27)17-21-10-7-12-28-21/h4-6,8-9,14,18,21H,7,10-13,15-17H2,1-3H3/t21-/m1/s1. The minimum absolute atomic E-state index is 0.00229. The number of aromatic nitrogens is 2. The van der Waals surface area contributed by atoms with E-state index < -0.39 is 9.84 Å². The van der Waals surface area contributed by atoms with Crippen LogP contribution in [0.25, 0.3) is 0 Å². The van der Waals surface area contributed by atoms with Gasteiger partial charge in [0.05, 0.1) is 23.7 Å². The van der Waals surface area contributed by atoms with Gasteiger partial charge >= 0.3 is 0 Å². The fourth-order valence-electron chi connectivity index (χ4n) is 3.61. The van der Waals surface area contributed by atoms with Crippen molar-refractivity contribution < 1.29 is 17.9 Å². The first kappa shape index (κ1) is 22.8. The van der Waals surface area contributed by atoms with Gasteiger partial charge in [-0.05, 0) is 37.9 Å². The Morgan fingerprint density at radius 3 is 2.73 bits per heavy atom. The smallest absolute Gasteiger partial charge is 0.227 e. The summed E-state index contributed by atoms with van der Waals surface area (Å²) in [5, 5.41) is 0.163. The van der Waals surface area contributed by atoms with E-state index in [1.54, 1.807) is 6.20 Å². The summed E-state index contributed by atoms with van der Waals surface area (Å²) in [4.78, 5) is 6.44. The third-order valence-electron chi connectivity index (χ3n) is 5.07. The van der Waals surface area contributed by atoms with Crippen LogP contribution in [0.3, 0.4) is 0 Å². The molecule has 2 heterocycles. The summed E-state index contributed by atoms with van der Waals surface area (Å²) in [6.45, 7) is 7.30. The van der Waals surface area contributed by atoms with Gasteiger partial charge in [0, 0.05) is 26.2 Å². The van der Waals surface area contributed by atoms with E-state index in [0.29, 0.717) is 32.2 Å². The predicted octanol–water partition coefficient (Wildman–Crippen LogP) is 3.00. The molecule has 0 N–H and O–H groups in total. The second kappa shape index (κ2) is 10.4. The van der Waals surface area contributed by atoms with Gasteiger partial charge in [-0.15, -0.1) is 0 Å². The summed E-state index contributed by atoms with van der Waals surface area (Å²) in [6.07, 6.45) is 3.18. The highest BCUT2D eigenvalue weighted by Crippen LogP contribution is 2.21. The average molecular weight is 436 g/mol. The van der Waals surface area contributed by atoms with Crippen molar-refractivity contribution in [2.45, 2.75) is 51.0 Å². The maximum absolute atomic E-state index is 13.0. The lowest BCUT2D eigenvalue weighted by Gasteiger charge is -2.20. The zero-order valence-electron chi connectivity index (χ0n) is 18.2. The van der Waals surface area contributed by atoms with Crippen molar-refractivity contribution in [3.63, 3.8) is 0 Å². The number of hydrogen-bond donors (Lipinski definition) is 0. The summed E-state index contributed by atoms with van der Waals surface area (Å²) in [7, 11) is -1.50. The van der Waals surface area contributed by atoms with E-state index in [-0.39, 0.29) is 17.0 Å². The highest BCUT2D eigenvalue weighted by atomic mass is 32.2. The molecule has 0 aliphatic carbocycles. The zero-order valence-corrected chi connectivity index (χ0v) is 19.0. The molecule has 0 spiro atoms. The molecule has 0 bridgehead atoms. The molecule has 1 aliphatic rings. The fourth-order valence-corrected chi connectivity index (χ4v) is 5.26. The third-order valence-corrected chi connectivity index (χ3v) is 6.77. The van der Waals surface area contributed by atoms with Crippen molar-refractivity contribution in [3.05, 3.63) is 42.2 Å². The second-order valence-electron chi connectivity index (χ2n) is 8.35. The number of sulfone groups is 1. The number of hydrogen-bond acceptors (Lipinski definition) is 6. The van der Waals surface area contributed by atoms with Gasteiger partial charge in [-0.25, -0.2) is 13.4 Å². The van der Waals surface area contributed by atoms with Gasteiger partial charge in [0.2, 0.25) is 15.0 Å². The van der Waals surface area contributed by atoms with E-state index in [1.165, 1.54) is 0 Å². The number of rotatable bonds is 11. The van der Waals surface area contributed by atoms with Crippen LogP contribution >= 0.6 is 0 Å². The molecule has 1 saturated heterocycles. The third kappa shape index (κ3) is 6.30. The van der Waals surface area contributed by atoms with E-state index in [1.807, 2.05) is 41.9 Å². The zero-order chi connectivity index (χ0) is 21.6. The lowest BCUT2D eigenvalue weighted by molar-refractivity contribution is 0.127. The summed E-state index contributed by atoms with van der Waals surface area (Å²) in [5.74, 6) is 1.15. The lowest BCUT2D eigenvalue weighted by atomic mass is 10.2. The molecule has 3 rings (SSSR count). The largest absolute Gasteiger partial charge is 0.492 e. The Bertz CT molecular complexity index is 890. The monoisotopic (exact) mass is 435 g/mol. The Balaban J connectivity index is 1.66. The lowest BCUT2D eigenvalue weighted by Crippen LogP contribution is -2.27. The Labute approximate surface area is 179 Å². The first-order valence-corrected chi connectivity index (χ1v) is 12.3. The maximum Gasteiger partial charge on any atom is 0.227 e. The van der Waals surface area contributed by atoms with Crippen LogP contribution in [0.4, 0.5) is 0 Å². The Morgan fingerprint density at radius 2 is 2.07 bits per heavy atom. The van der Waals surface area contributed by atoms with Crippen LogP contribution in [-0.2, 0) is 27.7 Å². The van der Waals surface area contributed by atoms with E-state index in [0.717, 1.165) is 30.8 Å². The highest BCUT2D eigenvalue weighted by Gasteiger charge is 2.29. The molecule has 0 saturated carbocycles. The molecule has 7 nitrogen and oxygen atoms in total. The number of benzene rings is 1. The Hall–Kier alpha value is -1.90. The molecule has 0 amide bonds. The van der Waals surface area contributed by atoms with Crippen LogP contribution in [0.15, 0.2) is 41.7 Å². The van der Waals surface area contributed by atoms with E-state index in [4.69, 9.17) is 9.47 Å². The first-order valence-electron chi connectivity index (χ1n) is 10.6. The minimum Gasteiger partial charge on any atom is -0.492 e.